The number of aliphatic imine (C=N–C) groups is 1. The molecule has 160 valence electrons. The number of para-hydroxylation sites is 2. The number of hydrogen-bond donors (Lipinski definition) is 1. The summed E-state index contributed by atoms with van der Waals surface area (Å²) < 4.78 is 1.24. The van der Waals surface area contributed by atoms with Crippen LogP contribution in [-0.4, -0.2) is 34.0 Å². The summed E-state index contributed by atoms with van der Waals surface area (Å²) in [6, 6.07) is 20.6. The van der Waals surface area contributed by atoms with Gasteiger partial charge in [-0.25, -0.2) is 9.55 Å². The Morgan fingerprint density at radius 1 is 0.875 bits per heavy atom. The number of hydrogen-bond acceptors (Lipinski definition) is 5. The Bertz CT molecular complexity index is 1340. The van der Waals surface area contributed by atoms with Crippen molar-refractivity contribution in [2.45, 2.75) is 19.3 Å². The van der Waals surface area contributed by atoms with Gasteiger partial charge in [0.25, 0.3) is 5.56 Å². The van der Waals surface area contributed by atoms with E-state index in [1.165, 1.54) is 23.8 Å². The van der Waals surface area contributed by atoms with Crippen LogP contribution in [0.25, 0.3) is 16.6 Å². The van der Waals surface area contributed by atoms with Crippen molar-refractivity contribution in [2.75, 3.05) is 18.0 Å². The molecular weight excluding hydrogens is 400 g/mol. The Kier molecular flexibility index (Phi) is 5.42. The zero-order valence-electron chi connectivity index (χ0n) is 17.7. The minimum absolute atomic E-state index is 0.174. The van der Waals surface area contributed by atoms with E-state index in [1.807, 2.05) is 36.4 Å². The first kappa shape index (κ1) is 20.0. The summed E-state index contributed by atoms with van der Waals surface area (Å²) in [4.78, 5) is 24.5. The highest BCUT2D eigenvalue weighted by Gasteiger charge is 2.18. The molecule has 0 atom stereocenters. The standard InChI is InChI=1S/C26H24N4O2/c31-25-20-11-3-2-10-19(20)21(26(32)30(25)24-14-6-7-15-27-24)18-28-22-12-4-5-13-23(22)29-16-8-1-9-17-29/h2-7,10-15,18,32H,1,8-9,16-17H2. The number of pyridine rings is 2. The third-order valence-corrected chi connectivity index (χ3v) is 5.89. The van der Waals surface area contributed by atoms with Gasteiger partial charge < -0.3 is 10.0 Å². The molecule has 0 aliphatic carbocycles. The van der Waals surface area contributed by atoms with Crippen molar-refractivity contribution in [1.82, 2.24) is 9.55 Å². The summed E-state index contributed by atoms with van der Waals surface area (Å²) in [7, 11) is 0. The maximum atomic E-state index is 13.1. The summed E-state index contributed by atoms with van der Waals surface area (Å²) in [5.74, 6) is 0.190. The Labute approximate surface area is 186 Å². The topological polar surface area (TPSA) is 70.7 Å². The van der Waals surface area contributed by atoms with Gasteiger partial charge >= 0.3 is 0 Å². The number of fused-ring (bicyclic) bond motifs is 1. The molecule has 4 aromatic rings. The Morgan fingerprint density at radius 3 is 2.38 bits per heavy atom. The normalized spacial score (nSPS) is 14.3. The maximum Gasteiger partial charge on any atom is 0.267 e. The molecule has 2 aromatic carbocycles. The lowest BCUT2D eigenvalue weighted by Gasteiger charge is -2.29. The highest BCUT2D eigenvalue weighted by molar-refractivity contribution is 6.02. The molecule has 2 aromatic heterocycles. The number of aromatic nitrogens is 2. The third kappa shape index (κ3) is 3.64. The largest absolute Gasteiger partial charge is 0.494 e. The van der Waals surface area contributed by atoms with Crippen LogP contribution in [-0.2, 0) is 0 Å². The molecule has 0 amide bonds. The van der Waals surface area contributed by atoms with Crippen LogP contribution >= 0.6 is 0 Å². The molecule has 0 saturated carbocycles. The van der Waals surface area contributed by atoms with Crippen LogP contribution < -0.4 is 10.5 Å². The monoisotopic (exact) mass is 424 g/mol. The molecule has 6 nitrogen and oxygen atoms in total. The van der Waals surface area contributed by atoms with Crippen LogP contribution in [0.15, 0.2) is 82.7 Å². The Hall–Kier alpha value is -3.93. The van der Waals surface area contributed by atoms with Crippen molar-refractivity contribution < 1.29 is 5.11 Å². The molecule has 6 heteroatoms. The van der Waals surface area contributed by atoms with Gasteiger partial charge in [0.15, 0.2) is 0 Å². The Balaban J connectivity index is 1.66. The minimum Gasteiger partial charge on any atom is -0.494 e. The van der Waals surface area contributed by atoms with Gasteiger partial charge in [0.1, 0.15) is 5.82 Å². The first-order valence-corrected chi connectivity index (χ1v) is 10.9. The molecule has 3 heterocycles. The molecule has 0 bridgehead atoms. The van der Waals surface area contributed by atoms with E-state index in [9.17, 15) is 9.90 Å². The lowest BCUT2D eigenvalue weighted by Crippen LogP contribution is -2.29. The molecule has 1 N–H and O–H groups in total. The molecule has 0 unspecified atom stereocenters. The van der Waals surface area contributed by atoms with Crippen LogP contribution in [0.2, 0.25) is 0 Å². The van der Waals surface area contributed by atoms with Crippen molar-refractivity contribution in [3.05, 3.63) is 88.8 Å². The Morgan fingerprint density at radius 2 is 1.59 bits per heavy atom. The number of benzene rings is 2. The van der Waals surface area contributed by atoms with E-state index in [0.29, 0.717) is 22.2 Å². The summed E-state index contributed by atoms with van der Waals surface area (Å²) in [5.41, 5.74) is 2.10. The van der Waals surface area contributed by atoms with Gasteiger partial charge in [0.2, 0.25) is 5.88 Å². The lowest BCUT2D eigenvalue weighted by molar-refractivity contribution is 0.435. The van der Waals surface area contributed by atoms with Crippen LogP contribution in [0, 0.1) is 0 Å². The minimum atomic E-state index is -0.317. The van der Waals surface area contributed by atoms with E-state index < -0.39 is 0 Å². The zero-order chi connectivity index (χ0) is 21.9. The van der Waals surface area contributed by atoms with E-state index in [4.69, 9.17) is 4.99 Å². The van der Waals surface area contributed by atoms with Crippen molar-refractivity contribution in [3.8, 4) is 11.7 Å². The number of rotatable bonds is 4. The van der Waals surface area contributed by atoms with Crippen molar-refractivity contribution >= 4 is 28.4 Å². The molecule has 1 aliphatic rings. The molecule has 1 aliphatic heterocycles. The molecule has 0 radical (unpaired) electrons. The highest BCUT2D eigenvalue weighted by atomic mass is 16.3. The zero-order valence-corrected chi connectivity index (χ0v) is 17.7. The molecule has 5 rings (SSSR count). The molecule has 1 saturated heterocycles. The fourth-order valence-electron chi connectivity index (χ4n) is 4.30. The van der Waals surface area contributed by atoms with E-state index in [2.05, 4.69) is 16.0 Å². The quantitative estimate of drug-likeness (QED) is 0.476. The number of nitrogens with zero attached hydrogens (tertiary/aromatic N) is 4. The predicted octanol–water partition coefficient (Wildman–Crippen LogP) is 4.83. The number of anilines is 1. The average Bonchev–Trinajstić information content (AvgIpc) is 2.85. The fraction of sp³-hybridized carbons (Fsp3) is 0.192. The summed E-state index contributed by atoms with van der Waals surface area (Å²) >= 11 is 0. The molecule has 0 spiro atoms. The van der Waals surface area contributed by atoms with Crippen LogP contribution in [0.5, 0.6) is 5.88 Å². The first-order valence-electron chi connectivity index (χ1n) is 10.9. The van der Waals surface area contributed by atoms with Crippen LogP contribution in [0.3, 0.4) is 0 Å². The second-order valence-electron chi connectivity index (χ2n) is 7.91. The van der Waals surface area contributed by atoms with E-state index in [1.54, 1.807) is 36.7 Å². The second kappa shape index (κ2) is 8.67. The first-order chi connectivity index (χ1) is 15.7. The van der Waals surface area contributed by atoms with Crippen molar-refractivity contribution in [1.29, 1.82) is 0 Å². The smallest absolute Gasteiger partial charge is 0.267 e. The third-order valence-electron chi connectivity index (χ3n) is 5.89. The van der Waals surface area contributed by atoms with Gasteiger partial charge in [0.05, 0.1) is 16.9 Å². The highest BCUT2D eigenvalue weighted by Crippen LogP contribution is 2.32. The van der Waals surface area contributed by atoms with E-state index in [0.717, 1.165) is 24.5 Å². The summed E-state index contributed by atoms with van der Waals surface area (Å²) in [5, 5.41) is 12.3. The van der Waals surface area contributed by atoms with Gasteiger partial charge in [-0.1, -0.05) is 36.4 Å². The maximum absolute atomic E-state index is 13.1. The van der Waals surface area contributed by atoms with Gasteiger partial charge in [0, 0.05) is 36.3 Å². The molecule has 1 fully saturated rings. The van der Waals surface area contributed by atoms with Crippen LogP contribution in [0.1, 0.15) is 24.8 Å². The SMILES string of the molecule is O=c1c2ccccc2c(C=Nc2ccccc2N2CCCCC2)c(O)n1-c1ccccn1. The van der Waals surface area contributed by atoms with Gasteiger partial charge in [-0.05, 0) is 49.6 Å². The van der Waals surface area contributed by atoms with E-state index in [-0.39, 0.29) is 11.4 Å². The molecular formula is C26H24N4O2. The predicted molar refractivity (Wildman–Crippen MR) is 129 cm³/mol. The van der Waals surface area contributed by atoms with Gasteiger partial charge in [-0.2, -0.15) is 0 Å². The summed E-state index contributed by atoms with van der Waals surface area (Å²) in [6.07, 6.45) is 6.87. The molecule has 32 heavy (non-hydrogen) atoms. The second-order valence-corrected chi connectivity index (χ2v) is 7.91. The van der Waals surface area contributed by atoms with Gasteiger partial charge in [-0.3, -0.25) is 9.79 Å². The van der Waals surface area contributed by atoms with Crippen molar-refractivity contribution in [2.24, 2.45) is 4.99 Å². The lowest BCUT2D eigenvalue weighted by atomic mass is 10.1. The number of piperidine rings is 1. The van der Waals surface area contributed by atoms with Crippen LogP contribution in [0.4, 0.5) is 11.4 Å². The van der Waals surface area contributed by atoms with E-state index >= 15 is 0 Å². The number of aromatic hydroxyl groups is 1. The van der Waals surface area contributed by atoms with Gasteiger partial charge in [-0.15, -0.1) is 0 Å². The average molecular weight is 425 g/mol. The van der Waals surface area contributed by atoms with Crippen molar-refractivity contribution in [3.63, 3.8) is 0 Å². The fourth-order valence-corrected chi connectivity index (χ4v) is 4.30. The summed E-state index contributed by atoms with van der Waals surface area (Å²) in [6.45, 7) is 2.04.